The van der Waals surface area contributed by atoms with Gasteiger partial charge in [0.1, 0.15) is 21.6 Å². The number of carbonyl (C=O) groups excluding carboxylic acids is 1. The first-order valence-corrected chi connectivity index (χ1v) is 9.73. The van der Waals surface area contributed by atoms with Crippen LogP contribution in [0, 0.1) is 29.6 Å². The maximum Gasteiger partial charge on any atom is 0.165 e. The van der Waals surface area contributed by atoms with Crippen molar-refractivity contribution in [1.82, 2.24) is 9.97 Å². The summed E-state index contributed by atoms with van der Waals surface area (Å²) >= 11 is 2.89. The fourth-order valence-electron chi connectivity index (χ4n) is 2.48. The second-order valence-electron chi connectivity index (χ2n) is 5.77. The third-order valence-corrected chi connectivity index (χ3v) is 5.85. The van der Waals surface area contributed by atoms with Gasteiger partial charge in [0.2, 0.25) is 0 Å². The van der Waals surface area contributed by atoms with Crippen molar-refractivity contribution >= 4 is 44.8 Å². The van der Waals surface area contributed by atoms with Gasteiger partial charge in [-0.05, 0) is 25.5 Å². The normalized spacial score (nSPS) is 11.9. The number of nitriles is 1. The Morgan fingerprint density at radius 1 is 1.35 bits per heavy atom. The van der Waals surface area contributed by atoms with Gasteiger partial charge in [-0.25, -0.2) is 9.97 Å². The number of hydrogen-bond donors (Lipinski definition) is 1. The van der Waals surface area contributed by atoms with Crippen LogP contribution in [0.1, 0.15) is 12.7 Å². The molecule has 0 saturated carbocycles. The lowest BCUT2D eigenvalue weighted by Crippen LogP contribution is -2.21. The van der Waals surface area contributed by atoms with Crippen LogP contribution < -0.4 is 0 Å². The Balaban J connectivity index is 1.91. The average Bonchev–Trinajstić information content (AvgIpc) is 3.04. The van der Waals surface area contributed by atoms with Gasteiger partial charge in [-0.2, -0.15) is 5.26 Å². The van der Waals surface area contributed by atoms with Crippen LogP contribution in [0.3, 0.4) is 0 Å². The zero-order chi connectivity index (χ0) is 18.7. The van der Waals surface area contributed by atoms with Gasteiger partial charge in [-0.3, -0.25) is 4.79 Å². The Bertz CT molecular complexity index is 1020. The van der Waals surface area contributed by atoms with Gasteiger partial charge in [0.05, 0.1) is 11.8 Å². The molecule has 0 saturated heterocycles. The molecule has 0 fully saturated rings. The summed E-state index contributed by atoms with van der Waals surface area (Å²) in [6.45, 7) is 3.31. The number of ketones is 1. The summed E-state index contributed by atoms with van der Waals surface area (Å²) < 4.78 is 0. The van der Waals surface area contributed by atoms with Gasteiger partial charge in [0, 0.05) is 16.0 Å². The highest BCUT2D eigenvalue weighted by molar-refractivity contribution is 8.00. The Morgan fingerprint density at radius 2 is 2.08 bits per heavy atom. The maximum absolute atomic E-state index is 12.2. The standard InChI is InChI=1S/C19H16N4OS2/c1-11(21)15(9-20)16(24)10-25-18-14-8-17(13-6-4-3-5-7-13)26-19(14)23-12(2)22-18/h3-8,15,21H,10H2,1-2H3/t15-/m1/s1. The molecule has 1 N–H and O–H groups in total. The summed E-state index contributed by atoms with van der Waals surface area (Å²) in [7, 11) is 0. The van der Waals surface area contributed by atoms with E-state index in [0.717, 1.165) is 25.7 Å². The van der Waals surface area contributed by atoms with E-state index in [1.54, 1.807) is 11.3 Å². The SMILES string of the molecule is CC(=N)[C@@H](C#N)C(=O)CSc1nc(C)nc2sc(-c3ccccc3)cc12. The second kappa shape index (κ2) is 7.77. The van der Waals surface area contributed by atoms with E-state index in [2.05, 4.69) is 9.97 Å². The summed E-state index contributed by atoms with van der Waals surface area (Å²) in [5, 5.41) is 18.3. The molecule has 3 aromatic rings. The molecule has 0 radical (unpaired) electrons. The zero-order valence-corrected chi connectivity index (χ0v) is 15.9. The summed E-state index contributed by atoms with van der Waals surface area (Å²) in [5.74, 6) is -0.499. The third kappa shape index (κ3) is 3.82. The molecule has 0 spiro atoms. The molecule has 0 aliphatic heterocycles. The summed E-state index contributed by atoms with van der Waals surface area (Å²) in [4.78, 5) is 23.2. The van der Waals surface area contributed by atoms with Crippen LogP contribution in [0.25, 0.3) is 20.7 Å². The molecule has 5 nitrogen and oxygen atoms in total. The molecule has 3 rings (SSSR count). The molecule has 0 unspecified atom stereocenters. The number of aromatic nitrogens is 2. The fraction of sp³-hybridized carbons (Fsp3) is 0.211. The molecule has 130 valence electrons. The van der Waals surface area contributed by atoms with E-state index in [0.29, 0.717) is 5.82 Å². The lowest BCUT2D eigenvalue weighted by molar-refractivity contribution is -0.117. The number of rotatable bonds is 6. The average molecular weight is 380 g/mol. The quantitative estimate of drug-likeness (QED) is 0.386. The Hall–Kier alpha value is -2.56. The largest absolute Gasteiger partial charge is 0.308 e. The van der Waals surface area contributed by atoms with E-state index in [1.807, 2.05) is 49.4 Å². The summed E-state index contributed by atoms with van der Waals surface area (Å²) in [6.07, 6.45) is 0. The van der Waals surface area contributed by atoms with Crippen molar-refractivity contribution in [2.45, 2.75) is 18.9 Å². The molecule has 0 aliphatic carbocycles. The monoisotopic (exact) mass is 380 g/mol. The van der Waals surface area contributed by atoms with Crippen molar-refractivity contribution in [3.63, 3.8) is 0 Å². The number of thiophene rings is 1. The smallest absolute Gasteiger partial charge is 0.165 e. The number of aryl methyl sites for hydroxylation is 1. The Kier molecular flexibility index (Phi) is 5.45. The number of benzene rings is 1. The van der Waals surface area contributed by atoms with Crippen molar-refractivity contribution < 1.29 is 4.79 Å². The zero-order valence-electron chi connectivity index (χ0n) is 14.3. The number of Topliss-reactive ketones (excluding diaryl/α,β-unsaturated/α-hetero) is 1. The first-order chi connectivity index (χ1) is 12.5. The molecular formula is C19H16N4OS2. The number of thioether (sulfide) groups is 1. The first kappa shape index (κ1) is 18.2. The molecule has 2 aromatic heterocycles. The summed E-state index contributed by atoms with van der Waals surface area (Å²) in [6, 6.07) is 14.0. The van der Waals surface area contributed by atoms with Gasteiger partial charge in [0.15, 0.2) is 5.78 Å². The molecule has 1 aromatic carbocycles. The van der Waals surface area contributed by atoms with Crippen LogP contribution in [0.4, 0.5) is 0 Å². The van der Waals surface area contributed by atoms with E-state index in [4.69, 9.17) is 10.7 Å². The number of carbonyl (C=O) groups is 1. The Morgan fingerprint density at radius 3 is 2.73 bits per heavy atom. The summed E-state index contributed by atoms with van der Waals surface area (Å²) in [5.41, 5.74) is 1.19. The fourth-order valence-corrected chi connectivity index (χ4v) is 4.58. The second-order valence-corrected chi connectivity index (χ2v) is 7.77. The first-order valence-electron chi connectivity index (χ1n) is 7.93. The van der Waals surface area contributed by atoms with Crippen molar-refractivity contribution in [2.24, 2.45) is 5.92 Å². The molecule has 26 heavy (non-hydrogen) atoms. The van der Waals surface area contributed by atoms with Crippen LogP contribution in [0.5, 0.6) is 0 Å². The highest BCUT2D eigenvalue weighted by Gasteiger charge is 2.21. The highest BCUT2D eigenvalue weighted by atomic mass is 32.2. The van der Waals surface area contributed by atoms with E-state index >= 15 is 0 Å². The molecule has 0 bridgehead atoms. The van der Waals surface area contributed by atoms with Crippen LogP contribution in [-0.2, 0) is 4.79 Å². The molecule has 0 amide bonds. The van der Waals surface area contributed by atoms with Gasteiger partial charge in [-0.1, -0.05) is 42.1 Å². The molecular weight excluding hydrogens is 364 g/mol. The van der Waals surface area contributed by atoms with Crippen molar-refractivity contribution in [3.8, 4) is 16.5 Å². The number of nitrogens with one attached hydrogen (secondary N) is 1. The van der Waals surface area contributed by atoms with Gasteiger partial charge >= 0.3 is 0 Å². The predicted octanol–water partition coefficient (Wildman–Crippen LogP) is 4.51. The van der Waals surface area contributed by atoms with E-state index in [1.165, 1.54) is 18.7 Å². The lowest BCUT2D eigenvalue weighted by Gasteiger charge is -2.06. The van der Waals surface area contributed by atoms with Crippen LogP contribution in [0.2, 0.25) is 0 Å². The van der Waals surface area contributed by atoms with Crippen molar-refractivity contribution in [2.75, 3.05) is 5.75 Å². The van der Waals surface area contributed by atoms with Crippen molar-refractivity contribution in [1.29, 1.82) is 10.7 Å². The van der Waals surface area contributed by atoms with Crippen LogP contribution in [-0.4, -0.2) is 27.2 Å². The minimum absolute atomic E-state index is 0.0732. The topological polar surface area (TPSA) is 90.5 Å². The highest BCUT2D eigenvalue weighted by Crippen LogP contribution is 2.36. The van der Waals surface area contributed by atoms with Gasteiger partial charge < -0.3 is 5.41 Å². The molecule has 1 atom stereocenters. The minimum Gasteiger partial charge on any atom is -0.308 e. The van der Waals surface area contributed by atoms with Gasteiger partial charge in [0.25, 0.3) is 0 Å². The molecule has 7 heteroatoms. The van der Waals surface area contributed by atoms with E-state index < -0.39 is 5.92 Å². The molecule has 0 aliphatic rings. The minimum atomic E-state index is -0.983. The Labute approximate surface area is 159 Å². The van der Waals surface area contributed by atoms with Crippen LogP contribution in [0.15, 0.2) is 41.4 Å². The maximum atomic E-state index is 12.2. The molecule has 2 heterocycles. The number of hydrogen-bond acceptors (Lipinski definition) is 7. The van der Waals surface area contributed by atoms with E-state index in [9.17, 15) is 4.79 Å². The lowest BCUT2D eigenvalue weighted by atomic mass is 10.0. The van der Waals surface area contributed by atoms with Crippen LogP contribution >= 0.6 is 23.1 Å². The number of fused-ring (bicyclic) bond motifs is 1. The third-order valence-electron chi connectivity index (χ3n) is 3.76. The van der Waals surface area contributed by atoms with Gasteiger partial charge in [-0.15, -0.1) is 11.3 Å². The number of nitrogens with zero attached hydrogens (tertiary/aromatic N) is 3. The predicted molar refractivity (Wildman–Crippen MR) is 106 cm³/mol. The van der Waals surface area contributed by atoms with E-state index in [-0.39, 0.29) is 17.2 Å². The van der Waals surface area contributed by atoms with Crippen molar-refractivity contribution in [3.05, 3.63) is 42.2 Å².